The van der Waals surface area contributed by atoms with Gasteiger partial charge in [0.2, 0.25) is 5.75 Å². The van der Waals surface area contributed by atoms with Gasteiger partial charge in [-0.1, -0.05) is 26.0 Å². The molecule has 0 saturated carbocycles. The molecule has 0 aliphatic rings. The molecule has 0 aliphatic carbocycles. The molecule has 5 nitrogen and oxygen atoms in total. The van der Waals surface area contributed by atoms with Gasteiger partial charge < -0.3 is 19.5 Å². The van der Waals surface area contributed by atoms with Crippen LogP contribution in [0.5, 0.6) is 17.2 Å². The summed E-state index contributed by atoms with van der Waals surface area (Å²) in [5.74, 6) is 0.568. The van der Waals surface area contributed by atoms with E-state index in [-0.39, 0.29) is 17.1 Å². The topological polar surface area (TPSA) is 56.8 Å². The molecule has 0 unspecified atom stereocenters. The van der Waals surface area contributed by atoms with Crippen LogP contribution in [0.25, 0.3) is 0 Å². The summed E-state index contributed by atoms with van der Waals surface area (Å²) in [4.78, 5) is 12.7. The first-order valence-electron chi connectivity index (χ1n) is 8.17. The molecule has 2 aromatic carbocycles. The van der Waals surface area contributed by atoms with Gasteiger partial charge in [-0.2, -0.15) is 0 Å². The molecular formula is C20H24FNO4. The Kier molecular flexibility index (Phi) is 6.08. The van der Waals surface area contributed by atoms with Crippen molar-refractivity contribution < 1.29 is 23.4 Å². The van der Waals surface area contributed by atoms with Gasteiger partial charge in [0, 0.05) is 12.0 Å². The summed E-state index contributed by atoms with van der Waals surface area (Å²) in [7, 11) is 4.47. The molecule has 1 N–H and O–H groups in total. The minimum atomic E-state index is -0.368. The Morgan fingerprint density at radius 3 is 2.12 bits per heavy atom. The molecule has 2 rings (SSSR count). The van der Waals surface area contributed by atoms with Crippen LogP contribution in [0, 0.1) is 5.82 Å². The van der Waals surface area contributed by atoms with Gasteiger partial charge in [0.25, 0.3) is 5.91 Å². The third-order valence-corrected chi connectivity index (χ3v) is 4.27. The molecule has 6 heteroatoms. The van der Waals surface area contributed by atoms with Crippen molar-refractivity contribution in [3.63, 3.8) is 0 Å². The maximum absolute atomic E-state index is 13.1. The molecular weight excluding hydrogens is 337 g/mol. The minimum Gasteiger partial charge on any atom is -0.493 e. The average Bonchev–Trinajstić information content (AvgIpc) is 2.65. The first kappa shape index (κ1) is 19.6. The van der Waals surface area contributed by atoms with Crippen LogP contribution in [0.15, 0.2) is 36.4 Å². The third-order valence-electron chi connectivity index (χ3n) is 4.27. The molecule has 0 aromatic heterocycles. The van der Waals surface area contributed by atoms with E-state index < -0.39 is 0 Å². The number of carbonyl (C=O) groups is 1. The fraction of sp³-hybridized carbons (Fsp3) is 0.350. The van der Waals surface area contributed by atoms with Crippen molar-refractivity contribution in [1.29, 1.82) is 0 Å². The van der Waals surface area contributed by atoms with Crippen molar-refractivity contribution >= 4 is 5.91 Å². The van der Waals surface area contributed by atoms with Gasteiger partial charge in [-0.15, -0.1) is 0 Å². The lowest BCUT2D eigenvalue weighted by Gasteiger charge is -2.26. The van der Waals surface area contributed by atoms with Gasteiger partial charge in [0.05, 0.1) is 26.9 Å². The zero-order valence-electron chi connectivity index (χ0n) is 15.7. The van der Waals surface area contributed by atoms with Crippen LogP contribution in [-0.4, -0.2) is 33.8 Å². The number of rotatable bonds is 7. The van der Waals surface area contributed by atoms with Gasteiger partial charge >= 0.3 is 0 Å². The average molecular weight is 361 g/mol. The highest BCUT2D eigenvalue weighted by molar-refractivity contribution is 5.98. The summed E-state index contributed by atoms with van der Waals surface area (Å²) in [5.41, 5.74) is 0.909. The number of halogens is 1. The van der Waals surface area contributed by atoms with E-state index in [0.717, 1.165) is 5.56 Å². The molecule has 0 saturated heterocycles. The SMILES string of the molecule is COc1ccc(C(=O)NCC(C)(C)c2ccc(F)cc2)c(OC)c1OC. The second kappa shape index (κ2) is 8.08. The van der Waals surface area contributed by atoms with Crippen molar-refractivity contribution in [1.82, 2.24) is 5.32 Å². The highest BCUT2D eigenvalue weighted by atomic mass is 19.1. The largest absolute Gasteiger partial charge is 0.493 e. The Hall–Kier alpha value is -2.76. The van der Waals surface area contributed by atoms with Gasteiger partial charge in [-0.3, -0.25) is 4.79 Å². The number of hydrogen-bond donors (Lipinski definition) is 1. The number of amides is 1. The normalized spacial score (nSPS) is 11.0. The Bertz CT molecular complexity index is 772. The van der Waals surface area contributed by atoms with E-state index in [1.54, 1.807) is 24.3 Å². The highest BCUT2D eigenvalue weighted by Crippen LogP contribution is 2.39. The fourth-order valence-corrected chi connectivity index (χ4v) is 2.68. The Balaban J connectivity index is 2.21. The van der Waals surface area contributed by atoms with Crippen LogP contribution in [0.4, 0.5) is 4.39 Å². The summed E-state index contributed by atoms with van der Waals surface area (Å²) < 4.78 is 29.0. The van der Waals surface area contributed by atoms with E-state index in [4.69, 9.17) is 14.2 Å². The fourth-order valence-electron chi connectivity index (χ4n) is 2.68. The molecule has 140 valence electrons. The van der Waals surface area contributed by atoms with E-state index in [2.05, 4.69) is 5.32 Å². The van der Waals surface area contributed by atoms with Crippen LogP contribution < -0.4 is 19.5 Å². The van der Waals surface area contributed by atoms with Crippen molar-refractivity contribution in [2.45, 2.75) is 19.3 Å². The predicted octanol–water partition coefficient (Wildman–Crippen LogP) is 3.56. The Labute approximate surface area is 153 Å². The lowest BCUT2D eigenvalue weighted by molar-refractivity contribution is 0.0942. The smallest absolute Gasteiger partial charge is 0.255 e. The summed E-state index contributed by atoms with van der Waals surface area (Å²) in [6, 6.07) is 9.55. The van der Waals surface area contributed by atoms with Crippen molar-refractivity contribution in [3.05, 3.63) is 53.3 Å². The Morgan fingerprint density at radius 2 is 1.58 bits per heavy atom. The number of methoxy groups -OCH3 is 3. The first-order valence-corrected chi connectivity index (χ1v) is 8.17. The maximum Gasteiger partial charge on any atom is 0.255 e. The van der Waals surface area contributed by atoms with Gasteiger partial charge in [-0.05, 0) is 29.8 Å². The van der Waals surface area contributed by atoms with E-state index in [0.29, 0.717) is 29.4 Å². The number of hydrogen-bond acceptors (Lipinski definition) is 4. The van der Waals surface area contributed by atoms with Crippen LogP contribution in [0.2, 0.25) is 0 Å². The monoisotopic (exact) mass is 361 g/mol. The second-order valence-electron chi connectivity index (χ2n) is 6.46. The lowest BCUT2D eigenvalue weighted by Crippen LogP contribution is -2.36. The maximum atomic E-state index is 13.1. The molecule has 0 heterocycles. The number of benzene rings is 2. The number of ether oxygens (including phenoxy) is 3. The zero-order chi connectivity index (χ0) is 19.3. The lowest BCUT2D eigenvalue weighted by atomic mass is 9.84. The molecule has 0 radical (unpaired) electrons. The van der Waals surface area contributed by atoms with Crippen molar-refractivity contribution in [2.75, 3.05) is 27.9 Å². The Morgan fingerprint density at radius 1 is 0.962 bits per heavy atom. The molecule has 2 aromatic rings. The van der Waals surface area contributed by atoms with E-state index in [1.807, 2.05) is 13.8 Å². The molecule has 0 atom stereocenters. The first-order chi connectivity index (χ1) is 12.3. The van der Waals surface area contributed by atoms with Crippen molar-refractivity contribution in [2.24, 2.45) is 0 Å². The second-order valence-corrected chi connectivity index (χ2v) is 6.46. The predicted molar refractivity (Wildman–Crippen MR) is 97.9 cm³/mol. The minimum absolute atomic E-state index is 0.288. The van der Waals surface area contributed by atoms with Gasteiger partial charge in [0.1, 0.15) is 5.82 Å². The van der Waals surface area contributed by atoms with Crippen LogP contribution in [0.1, 0.15) is 29.8 Å². The highest BCUT2D eigenvalue weighted by Gasteiger charge is 2.24. The van der Waals surface area contributed by atoms with Gasteiger partial charge in [0.15, 0.2) is 11.5 Å². The molecule has 26 heavy (non-hydrogen) atoms. The van der Waals surface area contributed by atoms with Crippen LogP contribution in [-0.2, 0) is 5.41 Å². The summed E-state index contributed by atoms with van der Waals surface area (Å²) in [5, 5.41) is 2.91. The summed E-state index contributed by atoms with van der Waals surface area (Å²) in [6.07, 6.45) is 0. The van der Waals surface area contributed by atoms with E-state index in [9.17, 15) is 9.18 Å². The van der Waals surface area contributed by atoms with E-state index in [1.165, 1.54) is 33.5 Å². The zero-order valence-corrected chi connectivity index (χ0v) is 15.7. The number of carbonyl (C=O) groups excluding carboxylic acids is 1. The number of nitrogens with one attached hydrogen (secondary N) is 1. The van der Waals surface area contributed by atoms with Gasteiger partial charge in [-0.25, -0.2) is 4.39 Å². The molecule has 0 aliphatic heterocycles. The third kappa shape index (κ3) is 4.07. The molecule has 1 amide bonds. The summed E-state index contributed by atoms with van der Waals surface area (Å²) >= 11 is 0. The standard InChI is InChI=1S/C20H24FNO4/c1-20(2,13-6-8-14(21)9-7-13)12-22-19(23)15-10-11-16(24-3)18(26-5)17(15)25-4/h6-11H,12H2,1-5H3,(H,22,23). The van der Waals surface area contributed by atoms with E-state index >= 15 is 0 Å². The van der Waals surface area contributed by atoms with Crippen LogP contribution >= 0.6 is 0 Å². The molecule has 0 bridgehead atoms. The van der Waals surface area contributed by atoms with Crippen molar-refractivity contribution in [3.8, 4) is 17.2 Å². The summed E-state index contributed by atoms with van der Waals surface area (Å²) in [6.45, 7) is 4.33. The molecule has 0 fully saturated rings. The quantitative estimate of drug-likeness (QED) is 0.819. The van der Waals surface area contributed by atoms with Crippen LogP contribution in [0.3, 0.4) is 0 Å². The molecule has 0 spiro atoms.